The number of nitrogens with zero attached hydrogens (tertiary/aromatic N) is 2. The molecule has 2 rings (SSSR count). The van der Waals surface area contributed by atoms with Crippen LogP contribution in [0.25, 0.3) is 11.0 Å². The van der Waals surface area contributed by atoms with Crippen molar-refractivity contribution in [3.63, 3.8) is 0 Å². The lowest BCUT2D eigenvalue weighted by Crippen LogP contribution is -2.22. The second-order valence-corrected chi connectivity index (χ2v) is 4.03. The molecule has 0 aliphatic carbocycles. The molecule has 0 amide bonds. The number of fused-ring (bicyclic) bond motifs is 1. The highest BCUT2D eigenvalue weighted by Gasteiger charge is 2.20. The third-order valence-corrected chi connectivity index (χ3v) is 2.98. The summed E-state index contributed by atoms with van der Waals surface area (Å²) in [6.45, 7) is 3.32. The predicted octanol–water partition coefficient (Wildman–Crippen LogP) is 2.40. The SMILES string of the molecule is CCOc1cc2c(cc1F)n([O-])c(C)c(Cl)[n+]2=O. The molecule has 7 heteroatoms. The van der Waals surface area contributed by atoms with E-state index >= 15 is 0 Å². The molecule has 0 fully saturated rings. The van der Waals surface area contributed by atoms with Gasteiger partial charge in [-0.1, -0.05) is 0 Å². The van der Waals surface area contributed by atoms with Gasteiger partial charge in [0.2, 0.25) is 0 Å². The highest BCUT2D eigenvalue weighted by molar-refractivity contribution is 6.29. The minimum Gasteiger partial charge on any atom is -0.805 e. The molecule has 0 bridgehead atoms. The molecule has 0 N–H and O–H groups in total. The molecular weight excluding hydrogens is 263 g/mol. The van der Waals surface area contributed by atoms with Crippen LogP contribution in [0.4, 0.5) is 4.39 Å². The summed E-state index contributed by atoms with van der Waals surface area (Å²) in [5.74, 6) is -0.787. The van der Waals surface area contributed by atoms with E-state index in [0.29, 0.717) is 9.16 Å². The molecule has 18 heavy (non-hydrogen) atoms. The Morgan fingerprint density at radius 2 is 2.22 bits per heavy atom. The fraction of sp³-hybridized carbons (Fsp3) is 0.273. The average Bonchev–Trinajstić information content (AvgIpc) is 2.36. The van der Waals surface area contributed by atoms with E-state index < -0.39 is 5.82 Å². The van der Waals surface area contributed by atoms with E-state index in [4.69, 9.17) is 16.3 Å². The van der Waals surface area contributed by atoms with Crippen molar-refractivity contribution in [1.82, 2.24) is 4.73 Å². The molecular formula is C11H10ClFN2O3. The van der Waals surface area contributed by atoms with Gasteiger partial charge in [0, 0.05) is 11.0 Å². The Bertz CT molecular complexity index is 684. The zero-order chi connectivity index (χ0) is 13.4. The summed E-state index contributed by atoms with van der Waals surface area (Å²) < 4.78 is 19.5. The van der Waals surface area contributed by atoms with Crippen molar-refractivity contribution in [1.29, 1.82) is 0 Å². The van der Waals surface area contributed by atoms with Crippen LogP contribution in [0.5, 0.6) is 5.75 Å². The Balaban J connectivity index is 2.90. The number of hydrogen-bond acceptors (Lipinski definition) is 3. The highest BCUT2D eigenvalue weighted by Crippen LogP contribution is 2.24. The molecule has 0 atom stereocenters. The molecule has 2 aromatic rings. The Labute approximate surface area is 107 Å². The number of aromatic nitrogens is 2. The summed E-state index contributed by atoms with van der Waals surface area (Å²) >= 11 is 5.73. The van der Waals surface area contributed by atoms with E-state index in [1.807, 2.05) is 0 Å². The first kappa shape index (κ1) is 12.6. The number of hydrogen-bond donors (Lipinski definition) is 0. The van der Waals surface area contributed by atoms with Crippen molar-refractivity contribution in [2.75, 3.05) is 6.61 Å². The molecule has 0 aliphatic rings. The van der Waals surface area contributed by atoms with Gasteiger partial charge in [-0.05, 0) is 25.4 Å². The van der Waals surface area contributed by atoms with Crippen LogP contribution in [0, 0.1) is 22.9 Å². The third kappa shape index (κ3) is 1.78. The minimum atomic E-state index is -0.698. The Morgan fingerprint density at radius 3 is 2.83 bits per heavy atom. The quantitative estimate of drug-likeness (QED) is 0.789. The zero-order valence-electron chi connectivity index (χ0n) is 9.74. The van der Waals surface area contributed by atoms with Gasteiger partial charge in [0.15, 0.2) is 11.6 Å². The molecule has 0 unspecified atom stereocenters. The van der Waals surface area contributed by atoms with Gasteiger partial charge in [-0.3, -0.25) is 0 Å². The van der Waals surface area contributed by atoms with Crippen molar-refractivity contribution >= 4 is 22.6 Å². The highest BCUT2D eigenvalue weighted by atomic mass is 35.5. The molecule has 0 aliphatic heterocycles. The minimum absolute atomic E-state index is 0.0164. The fourth-order valence-corrected chi connectivity index (χ4v) is 1.81. The molecule has 96 valence electrons. The van der Waals surface area contributed by atoms with Gasteiger partial charge in [-0.15, -0.1) is 0 Å². The first-order valence-corrected chi connectivity index (χ1v) is 5.62. The van der Waals surface area contributed by atoms with Gasteiger partial charge in [0.25, 0.3) is 5.52 Å². The number of halogens is 2. The third-order valence-electron chi connectivity index (χ3n) is 2.55. The molecule has 0 saturated heterocycles. The summed E-state index contributed by atoms with van der Waals surface area (Å²) in [7, 11) is 0. The first-order chi connectivity index (χ1) is 8.47. The van der Waals surface area contributed by atoms with Gasteiger partial charge in [-0.25, -0.2) is 4.39 Å². The second-order valence-electron chi connectivity index (χ2n) is 3.67. The van der Waals surface area contributed by atoms with Gasteiger partial charge in [0.05, 0.1) is 17.1 Å². The zero-order valence-corrected chi connectivity index (χ0v) is 10.5. The molecule has 1 heterocycles. The van der Waals surface area contributed by atoms with Crippen LogP contribution < -0.4 is 9.16 Å². The monoisotopic (exact) mass is 272 g/mol. The molecule has 0 saturated carbocycles. The van der Waals surface area contributed by atoms with E-state index in [2.05, 4.69) is 0 Å². The van der Waals surface area contributed by atoms with E-state index in [1.165, 1.54) is 13.0 Å². The number of rotatable bonds is 2. The molecule has 0 radical (unpaired) electrons. The maximum Gasteiger partial charge on any atom is 0.350 e. The Morgan fingerprint density at radius 1 is 1.56 bits per heavy atom. The largest absolute Gasteiger partial charge is 0.805 e. The van der Waals surface area contributed by atoms with Gasteiger partial charge in [0.1, 0.15) is 11.2 Å². The lowest BCUT2D eigenvalue weighted by atomic mass is 10.2. The van der Waals surface area contributed by atoms with Crippen LogP contribution in [-0.4, -0.2) is 11.3 Å². The van der Waals surface area contributed by atoms with Gasteiger partial charge >= 0.3 is 5.15 Å². The van der Waals surface area contributed by atoms with E-state index in [1.54, 1.807) is 6.92 Å². The number of ether oxygens (including phenoxy) is 1. The second kappa shape index (κ2) is 4.45. The first-order valence-electron chi connectivity index (χ1n) is 5.24. The normalized spacial score (nSPS) is 10.9. The standard InChI is InChI=1S/C11H10ClFN2O3/c1-3-18-10-5-9-8(4-7(10)13)14(16)6(2)11(12)15(9)17/h4-5H,3H2,1-2H3. The topological polar surface area (TPSA) is 60.2 Å². The Kier molecular flexibility index (Phi) is 3.13. The van der Waals surface area contributed by atoms with Crippen molar-refractivity contribution in [2.45, 2.75) is 13.8 Å². The van der Waals surface area contributed by atoms with Crippen molar-refractivity contribution in [2.24, 2.45) is 0 Å². The molecule has 1 aromatic carbocycles. The molecule has 5 nitrogen and oxygen atoms in total. The fourth-order valence-electron chi connectivity index (χ4n) is 1.64. The van der Waals surface area contributed by atoms with Gasteiger partial charge in [-0.2, -0.15) is 0 Å². The molecule has 1 aromatic heterocycles. The average molecular weight is 273 g/mol. The van der Waals surface area contributed by atoms with Crippen molar-refractivity contribution < 1.29 is 13.6 Å². The van der Waals surface area contributed by atoms with Crippen LogP contribution in [-0.2, 0) is 0 Å². The Hall–Kier alpha value is -1.82. The summed E-state index contributed by atoms with van der Waals surface area (Å²) in [5, 5.41) is 11.6. The summed E-state index contributed by atoms with van der Waals surface area (Å²) in [5.41, 5.74) is -0.110. The smallest absolute Gasteiger partial charge is 0.350 e. The lowest BCUT2D eigenvalue weighted by Gasteiger charge is -2.15. The maximum atomic E-state index is 13.6. The van der Waals surface area contributed by atoms with E-state index in [-0.39, 0.29) is 34.2 Å². The maximum absolute atomic E-state index is 13.6. The van der Waals surface area contributed by atoms with E-state index in [9.17, 15) is 14.5 Å². The van der Waals surface area contributed by atoms with Crippen LogP contribution in [0.3, 0.4) is 0 Å². The van der Waals surface area contributed by atoms with E-state index in [0.717, 1.165) is 6.07 Å². The van der Waals surface area contributed by atoms with Crippen molar-refractivity contribution in [3.05, 3.63) is 38.9 Å². The van der Waals surface area contributed by atoms with Crippen LogP contribution in [0.1, 0.15) is 12.6 Å². The van der Waals surface area contributed by atoms with Crippen LogP contribution >= 0.6 is 11.6 Å². The molecule has 0 spiro atoms. The summed E-state index contributed by atoms with van der Waals surface area (Å²) in [6, 6.07) is 2.13. The number of benzene rings is 1. The summed E-state index contributed by atoms with van der Waals surface area (Å²) in [4.78, 5) is 11.8. The lowest BCUT2D eigenvalue weighted by molar-refractivity contribution is -0.462. The summed E-state index contributed by atoms with van der Waals surface area (Å²) in [6.07, 6.45) is 0. The predicted molar refractivity (Wildman–Crippen MR) is 64.9 cm³/mol. The van der Waals surface area contributed by atoms with Crippen molar-refractivity contribution in [3.8, 4) is 5.75 Å². The van der Waals surface area contributed by atoms with Gasteiger partial charge < -0.3 is 14.7 Å². The van der Waals surface area contributed by atoms with Crippen LogP contribution in [0.15, 0.2) is 12.1 Å². The van der Waals surface area contributed by atoms with Crippen LogP contribution in [0.2, 0.25) is 5.15 Å².